The van der Waals surface area contributed by atoms with E-state index in [0.29, 0.717) is 6.04 Å². The quantitative estimate of drug-likeness (QED) is 0.911. The van der Waals surface area contributed by atoms with E-state index >= 15 is 0 Å². The molecule has 0 saturated heterocycles. The summed E-state index contributed by atoms with van der Waals surface area (Å²) in [6.45, 7) is 0.721. The molecule has 3 rings (SSSR count). The van der Waals surface area contributed by atoms with E-state index in [1.807, 2.05) is 24.3 Å². The third-order valence-electron chi connectivity index (χ3n) is 3.73. The predicted molar refractivity (Wildman–Crippen MR) is 72.4 cm³/mol. The van der Waals surface area contributed by atoms with E-state index in [-0.39, 0.29) is 0 Å². The Labute approximate surface area is 112 Å². The van der Waals surface area contributed by atoms with Crippen molar-refractivity contribution in [1.82, 2.24) is 5.32 Å². The fraction of sp³-hybridized carbons (Fsp3) is 0.312. The molecule has 96 valence electrons. The lowest BCUT2D eigenvalue weighted by Crippen LogP contribution is -2.24. The van der Waals surface area contributed by atoms with Gasteiger partial charge in [-0.25, -0.2) is 0 Å². The average molecular weight is 252 g/mol. The largest absolute Gasteiger partial charge is 0.469 e. The summed E-state index contributed by atoms with van der Waals surface area (Å²) in [5.74, 6) is 1.11. The van der Waals surface area contributed by atoms with Crippen molar-refractivity contribution in [3.63, 3.8) is 0 Å². The SMILES string of the molecule is N#Cc1ccccc1CNC1CCCc2occc21. The Balaban J connectivity index is 1.73. The number of furan rings is 1. The summed E-state index contributed by atoms with van der Waals surface area (Å²) in [7, 11) is 0. The van der Waals surface area contributed by atoms with E-state index in [0.717, 1.165) is 42.7 Å². The summed E-state index contributed by atoms with van der Waals surface area (Å²) >= 11 is 0. The number of nitrogens with zero attached hydrogens (tertiary/aromatic N) is 1. The van der Waals surface area contributed by atoms with E-state index in [2.05, 4.69) is 17.5 Å². The first-order valence-electron chi connectivity index (χ1n) is 6.66. The molecule has 0 saturated carbocycles. The number of fused-ring (bicyclic) bond motifs is 1. The van der Waals surface area contributed by atoms with Crippen molar-refractivity contribution in [1.29, 1.82) is 5.26 Å². The van der Waals surface area contributed by atoms with Gasteiger partial charge in [0.2, 0.25) is 0 Å². The second-order valence-electron chi connectivity index (χ2n) is 4.89. The Morgan fingerprint density at radius 2 is 2.21 bits per heavy atom. The molecule has 0 spiro atoms. The van der Waals surface area contributed by atoms with E-state index in [9.17, 15) is 0 Å². The van der Waals surface area contributed by atoms with Crippen molar-refractivity contribution in [3.05, 3.63) is 59.0 Å². The van der Waals surface area contributed by atoms with Crippen LogP contribution in [0.5, 0.6) is 0 Å². The minimum absolute atomic E-state index is 0.342. The van der Waals surface area contributed by atoms with Crippen LogP contribution in [-0.4, -0.2) is 0 Å². The topological polar surface area (TPSA) is 49.0 Å². The lowest BCUT2D eigenvalue weighted by Gasteiger charge is -2.23. The Bertz CT molecular complexity index is 609. The van der Waals surface area contributed by atoms with Crippen LogP contribution in [0.2, 0.25) is 0 Å². The molecule has 3 heteroatoms. The van der Waals surface area contributed by atoms with Crippen molar-refractivity contribution in [2.24, 2.45) is 0 Å². The number of rotatable bonds is 3. The van der Waals surface area contributed by atoms with Gasteiger partial charge in [0, 0.05) is 24.6 Å². The molecular formula is C16H16N2O. The molecule has 1 aromatic carbocycles. The molecule has 19 heavy (non-hydrogen) atoms. The van der Waals surface area contributed by atoms with Gasteiger partial charge in [0.15, 0.2) is 0 Å². The van der Waals surface area contributed by atoms with Gasteiger partial charge in [0.1, 0.15) is 5.76 Å². The van der Waals surface area contributed by atoms with Gasteiger partial charge in [0.05, 0.1) is 17.9 Å². The van der Waals surface area contributed by atoms with E-state index < -0.39 is 0 Å². The van der Waals surface area contributed by atoms with Gasteiger partial charge in [0.25, 0.3) is 0 Å². The van der Waals surface area contributed by atoms with Crippen LogP contribution in [0.3, 0.4) is 0 Å². The monoisotopic (exact) mass is 252 g/mol. The standard InChI is InChI=1S/C16H16N2O/c17-10-12-4-1-2-5-13(12)11-18-15-6-3-7-16-14(15)8-9-19-16/h1-2,4-5,8-9,15,18H,3,6-7,11H2. The number of nitriles is 1. The zero-order valence-corrected chi connectivity index (χ0v) is 10.7. The third-order valence-corrected chi connectivity index (χ3v) is 3.73. The van der Waals surface area contributed by atoms with Crippen LogP contribution in [0, 0.1) is 11.3 Å². The van der Waals surface area contributed by atoms with E-state index in [1.54, 1.807) is 6.26 Å². The van der Waals surface area contributed by atoms with Gasteiger partial charge < -0.3 is 9.73 Å². The summed E-state index contributed by atoms with van der Waals surface area (Å²) in [6.07, 6.45) is 5.09. The minimum Gasteiger partial charge on any atom is -0.469 e. The Morgan fingerprint density at radius 1 is 1.32 bits per heavy atom. The van der Waals surface area contributed by atoms with Crippen molar-refractivity contribution in [3.8, 4) is 6.07 Å². The second-order valence-corrected chi connectivity index (χ2v) is 4.89. The van der Waals surface area contributed by atoms with Gasteiger partial charge in [-0.15, -0.1) is 0 Å². The number of nitrogens with one attached hydrogen (secondary N) is 1. The zero-order chi connectivity index (χ0) is 13.1. The highest BCUT2D eigenvalue weighted by atomic mass is 16.3. The highest BCUT2D eigenvalue weighted by molar-refractivity contribution is 5.37. The maximum Gasteiger partial charge on any atom is 0.108 e. The molecular weight excluding hydrogens is 236 g/mol. The van der Waals surface area contributed by atoms with Crippen LogP contribution in [0.15, 0.2) is 41.0 Å². The minimum atomic E-state index is 0.342. The fourth-order valence-corrected chi connectivity index (χ4v) is 2.72. The molecule has 0 amide bonds. The van der Waals surface area contributed by atoms with Crippen molar-refractivity contribution in [2.75, 3.05) is 0 Å². The van der Waals surface area contributed by atoms with Crippen molar-refractivity contribution < 1.29 is 4.42 Å². The lowest BCUT2D eigenvalue weighted by atomic mass is 9.93. The average Bonchev–Trinajstić information content (AvgIpc) is 2.94. The molecule has 1 aliphatic rings. The molecule has 1 N–H and O–H groups in total. The van der Waals surface area contributed by atoms with Crippen LogP contribution in [0.25, 0.3) is 0 Å². The molecule has 0 aliphatic heterocycles. The summed E-state index contributed by atoms with van der Waals surface area (Å²) in [5, 5.41) is 12.6. The fourth-order valence-electron chi connectivity index (χ4n) is 2.72. The van der Waals surface area contributed by atoms with Crippen LogP contribution in [0.4, 0.5) is 0 Å². The summed E-state index contributed by atoms with van der Waals surface area (Å²) in [5.41, 5.74) is 3.08. The van der Waals surface area contributed by atoms with Crippen LogP contribution in [-0.2, 0) is 13.0 Å². The molecule has 3 nitrogen and oxygen atoms in total. The maximum absolute atomic E-state index is 9.09. The van der Waals surface area contributed by atoms with Crippen molar-refractivity contribution >= 4 is 0 Å². The van der Waals surface area contributed by atoms with Crippen LogP contribution >= 0.6 is 0 Å². The molecule has 1 atom stereocenters. The number of benzene rings is 1. The number of aryl methyl sites for hydroxylation is 1. The molecule has 1 unspecified atom stereocenters. The molecule has 0 fully saturated rings. The van der Waals surface area contributed by atoms with E-state index in [1.165, 1.54) is 5.56 Å². The first-order valence-corrected chi connectivity index (χ1v) is 6.66. The lowest BCUT2D eigenvalue weighted by molar-refractivity contribution is 0.411. The number of hydrogen-bond donors (Lipinski definition) is 1. The van der Waals surface area contributed by atoms with Gasteiger partial charge in [-0.1, -0.05) is 18.2 Å². The predicted octanol–water partition coefficient (Wildman–Crippen LogP) is 3.32. The Morgan fingerprint density at radius 3 is 3.11 bits per heavy atom. The number of hydrogen-bond acceptors (Lipinski definition) is 3. The summed E-state index contributed by atoms with van der Waals surface area (Å²) in [4.78, 5) is 0. The van der Waals surface area contributed by atoms with Gasteiger partial charge in [-0.05, 0) is 30.5 Å². The van der Waals surface area contributed by atoms with Gasteiger partial charge in [-0.3, -0.25) is 0 Å². The van der Waals surface area contributed by atoms with Gasteiger partial charge in [-0.2, -0.15) is 5.26 Å². The zero-order valence-electron chi connectivity index (χ0n) is 10.7. The third kappa shape index (κ3) is 2.40. The van der Waals surface area contributed by atoms with Gasteiger partial charge >= 0.3 is 0 Å². The maximum atomic E-state index is 9.09. The molecule has 1 aliphatic carbocycles. The Hall–Kier alpha value is -2.05. The first-order chi connectivity index (χ1) is 9.38. The molecule has 1 aromatic heterocycles. The highest BCUT2D eigenvalue weighted by Crippen LogP contribution is 2.30. The first kappa shape index (κ1) is 12.0. The van der Waals surface area contributed by atoms with Crippen LogP contribution in [0.1, 0.15) is 41.3 Å². The normalized spacial score (nSPS) is 17.7. The molecule has 0 bridgehead atoms. The van der Waals surface area contributed by atoms with Crippen molar-refractivity contribution in [2.45, 2.75) is 31.8 Å². The molecule has 2 aromatic rings. The highest BCUT2D eigenvalue weighted by Gasteiger charge is 2.22. The molecule has 0 radical (unpaired) electrons. The van der Waals surface area contributed by atoms with E-state index in [4.69, 9.17) is 9.68 Å². The summed E-state index contributed by atoms with van der Waals surface area (Å²) < 4.78 is 5.49. The smallest absolute Gasteiger partial charge is 0.108 e. The van der Waals surface area contributed by atoms with Crippen LogP contribution < -0.4 is 5.32 Å². The molecule has 1 heterocycles. The summed E-state index contributed by atoms with van der Waals surface area (Å²) in [6, 6.07) is 12.4. The Kier molecular flexibility index (Phi) is 3.35. The second kappa shape index (κ2) is 5.29.